The maximum absolute atomic E-state index is 11.7. The molecule has 7 heteroatoms. The molecule has 0 unspecified atom stereocenters. The minimum atomic E-state index is -0.394. The third-order valence-electron chi connectivity index (χ3n) is 2.85. The van der Waals surface area contributed by atoms with Crippen molar-refractivity contribution in [3.63, 3.8) is 0 Å². The fourth-order valence-corrected chi connectivity index (χ4v) is 2.19. The molecule has 0 amide bonds. The summed E-state index contributed by atoms with van der Waals surface area (Å²) < 4.78 is 11.0. The Morgan fingerprint density at radius 2 is 1.85 bits per heavy atom. The molecule has 0 fully saturated rings. The minimum Gasteiger partial charge on any atom is -0.493 e. The van der Waals surface area contributed by atoms with Crippen molar-refractivity contribution in [2.24, 2.45) is 0 Å². The lowest BCUT2D eigenvalue weighted by molar-refractivity contribution is 0.355. The van der Waals surface area contributed by atoms with Crippen molar-refractivity contribution in [1.82, 2.24) is 9.97 Å². The van der Waals surface area contributed by atoms with Crippen LogP contribution in [0, 0.1) is 6.92 Å². The van der Waals surface area contributed by atoms with Crippen LogP contribution in [0.15, 0.2) is 21.4 Å². The number of aromatic nitrogens is 2. The van der Waals surface area contributed by atoms with E-state index in [1.807, 2.05) is 0 Å². The molecule has 0 spiro atoms. The number of methoxy groups -OCH3 is 2. The van der Waals surface area contributed by atoms with E-state index in [0.29, 0.717) is 21.5 Å². The van der Waals surface area contributed by atoms with E-state index >= 15 is 0 Å². The smallest absolute Gasteiger partial charge is 0.257 e. The van der Waals surface area contributed by atoms with E-state index in [4.69, 9.17) is 9.47 Å². The van der Waals surface area contributed by atoms with Crippen molar-refractivity contribution in [1.29, 1.82) is 0 Å². The SMILES string of the molecule is COc1cc(Br)c(-c2nc(O)c(C)c(=O)[nH]2)cc1OC. The van der Waals surface area contributed by atoms with Gasteiger partial charge < -0.3 is 19.6 Å². The summed E-state index contributed by atoms with van der Waals surface area (Å²) in [5.41, 5.74) is 0.356. The lowest BCUT2D eigenvalue weighted by Crippen LogP contribution is -2.12. The molecule has 0 radical (unpaired) electrons. The van der Waals surface area contributed by atoms with Crippen LogP contribution in [-0.2, 0) is 0 Å². The molecule has 1 aromatic heterocycles. The Balaban J connectivity index is 2.67. The van der Waals surface area contributed by atoms with E-state index in [1.54, 1.807) is 12.1 Å². The summed E-state index contributed by atoms with van der Waals surface area (Å²) in [5.74, 6) is 0.978. The molecular formula is C13H13BrN2O4. The number of nitrogens with one attached hydrogen (secondary N) is 1. The maximum Gasteiger partial charge on any atom is 0.257 e. The summed E-state index contributed by atoms with van der Waals surface area (Å²) >= 11 is 3.38. The number of nitrogens with zero attached hydrogens (tertiary/aromatic N) is 1. The number of hydrogen-bond donors (Lipinski definition) is 2. The third kappa shape index (κ3) is 2.49. The Kier molecular flexibility index (Phi) is 3.99. The molecule has 0 saturated heterocycles. The Morgan fingerprint density at radius 1 is 1.25 bits per heavy atom. The van der Waals surface area contributed by atoms with Gasteiger partial charge in [-0.05, 0) is 35.0 Å². The van der Waals surface area contributed by atoms with Gasteiger partial charge >= 0.3 is 0 Å². The number of aromatic amines is 1. The molecule has 20 heavy (non-hydrogen) atoms. The zero-order chi connectivity index (χ0) is 14.9. The van der Waals surface area contributed by atoms with E-state index in [1.165, 1.54) is 21.1 Å². The molecule has 0 bridgehead atoms. The normalized spacial score (nSPS) is 10.4. The zero-order valence-electron chi connectivity index (χ0n) is 11.2. The molecular weight excluding hydrogens is 328 g/mol. The van der Waals surface area contributed by atoms with Gasteiger partial charge in [-0.1, -0.05) is 0 Å². The van der Waals surface area contributed by atoms with Crippen molar-refractivity contribution >= 4 is 15.9 Å². The van der Waals surface area contributed by atoms with Gasteiger partial charge in [-0.25, -0.2) is 0 Å². The first-order valence-electron chi connectivity index (χ1n) is 5.69. The summed E-state index contributed by atoms with van der Waals surface area (Å²) in [6.45, 7) is 1.49. The highest BCUT2D eigenvalue weighted by Gasteiger charge is 2.15. The van der Waals surface area contributed by atoms with Gasteiger partial charge in [0.1, 0.15) is 5.82 Å². The van der Waals surface area contributed by atoms with Crippen LogP contribution in [-0.4, -0.2) is 29.3 Å². The molecule has 0 aliphatic carbocycles. The van der Waals surface area contributed by atoms with E-state index < -0.39 is 5.56 Å². The number of aromatic hydroxyl groups is 1. The highest BCUT2D eigenvalue weighted by atomic mass is 79.9. The lowest BCUT2D eigenvalue weighted by Gasteiger charge is -2.11. The van der Waals surface area contributed by atoms with Crippen LogP contribution in [0.4, 0.5) is 0 Å². The zero-order valence-corrected chi connectivity index (χ0v) is 12.7. The Labute approximate surface area is 123 Å². The standard InChI is InChI=1S/C13H13BrN2O4/c1-6-12(17)15-11(16-13(6)18)7-4-9(19-2)10(20-3)5-8(7)14/h4-5H,1-3H3,(H2,15,16,17,18). The number of halogens is 1. The van der Waals surface area contributed by atoms with Crippen LogP contribution in [0.1, 0.15) is 5.56 Å². The average molecular weight is 341 g/mol. The molecule has 2 N–H and O–H groups in total. The molecule has 0 saturated carbocycles. The predicted octanol–water partition coefficient (Wildman–Crippen LogP) is 2.23. The van der Waals surface area contributed by atoms with Crippen LogP contribution in [0.2, 0.25) is 0 Å². The van der Waals surface area contributed by atoms with Gasteiger partial charge in [0.2, 0.25) is 5.88 Å². The Morgan fingerprint density at radius 3 is 2.40 bits per heavy atom. The summed E-state index contributed by atoms with van der Waals surface area (Å²) in [7, 11) is 3.04. The quantitative estimate of drug-likeness (QED) is 0.894. The van der Waals surface area contributed by atoms with Crippen molar-refractivity contribution in [3.05, 3.63) is 32.5 Å². The second-order valence-corrected chi connectivity index (χ2v) is 4.90. The van der Waals surface area contributed by atoms with Crippen molar-refractivity contribution in [2.75, 3.05) is 14.2 Å². The van der Waals surface area contributed by atoms with Crippen molar-refractivity contribution in [3.8, 4) is 28.8 Å². The number of H-pyrrole nitrogens is 1. The Bertz CT molecular complexity index is 712. The summed E-state index contributed by atoms with van der Waals surface area (Å²) in [6.07, 6.45) is 0. The molecule has 1 aromatic carbocycles. The highest BCUT2D eigenvalue weighted by molar-refractivity contribution is 9.10. The van der Waals surface area contributed by atoms with Crippen molar-refractivity contribution < 1.29 is 14.6 Å². The number of hydrogen-bond acceptors (Lipinski definition) is 5. The minimum absolute atomic E-state index is 0.172. The van der Waals surface area contributed by atoms with Crippen LogP contribution in [0.25, 0.3) is 11.4 Å². The first-order valence-corrected chi connectivity index (χ1v) is 6.49. The fourth-order valence-electron chi connectivity index (χ4n) is 1.68. The lowest BCUT2D eigenvalue weighted by atomic mass is 10.2. The molecule has 0 aliphatic heterocycles. The van der Waals surface area contributed by atoms with Crippen LogP contribution >= 0.6 is 15.9 Å². The molecule has 2 aromatic rings. The van der Waals surface area contributed by atoms with Gasteiger partial charge in [-0.3, -0.25) is 4.79 Å². The average Bonchev–Trinajstić information content (AvgIpc) is 2.43. The predicted molar refractivity (Wildman–Crippen MR) is 77.5 cm³/mol. The largest absolute Gasteiger partial charge is 0.493 e. The van der Waals surface area contributed by atoms with E-state index in [2.05, 4.69) is 25.9 Å². The van der Waals surface area contributed by atoms with Gasteiger partial charge in [0.05, 0.1) is 19.8 Å². The molecule has 0 aliphatic rings. The molecule has 6 nitrogen and oxygen atoms in total. The summed E-state index contributed by atoms with van der Waals surface area (Å²) in [5, 5.41) is 9.66. The molecule has 2 rings (SSSR count). The highest BCUT2D eigenvalue weighted by Crippen LogP contribution is 2.37. The van der Waals surface area contributed by atoms with Gasteiger partial charge in [-0.2, -0.15) is 4.98 Å². The second kappa shape index (κ2) is 5.54. The van der Waals surface area contributed by atoms with Crippen LogP contribution < -0.4 is 15.0 Å². The van der Waals surface area contributed by atoms with Gasteiger partial charge in [-0.15, -0.1) is 0 Å². The first-order chi connectivity index (χ1) is 9.47. The number of benzene rings is 1. The first kappa shape index (κ1) is 14.4. The van der Waals surface area contributed by atoms with Gasteiger partial charge in [0.15, 0.2) is 11.5 Å². The van der Waals surface area contributed by atoms with E-state index in [0.717, 1.165) is 0 Å². The maximum atomic E-state index is 11.7. The molecule has 0 atom stereocenters. The van der Waals surface area contributed by atoms with Crippen molar-refractivity contribution in [2.45, 2.75) is 6.92 Å². The number of rotatable bonds is 3. The van der Waals surface area contributed by atoms with E-state index in [-0.39, 0.29) is 17.3 Å². The van der Waals surface area contributed by atoms with Gasteiger partial charge in [0.25, 0.3) is 5.56 Å². The van der Waals surface area contributed by atoms with E-state index in [9.17, 15) is 9.90 Å². The monoisotopic (exact) mass is 340 g/mol. The van der Waals surface area contributed by atoms with Crippen LogP contribution in [0.5, 0.6) is 17.4 Å². The summed E-state index contributed by atoms with van der Waals surface area (Å²) in [6, 6.07) is 3.36. The Hall–Kier alpha value is -2.02. The number of ether oxygens (including phenoxy) is 2. The molecule has 106 valence electrons. The summed E-state index contributed by atoms with van der Waals surface area (Å²) in [4.78, 5) is 18.3. The fraction of sp³-hybridized carbons (Fsp3) is 0.231. The third-order valence-corrected chi connectivity index (χ3v) is 3.51. The molecule has 1 heterocycles. The van der Waals surface area contributed by atoms with Gasteiger partial charge in [0, 0.05) is 10.0 Å². The second-order valence-electron chi connectivity index (χ2n) is 4.05. The topological polar surface area (TPSA) is 84.4 Å². The van der Waals surface area contributed by atoms with Crippen LogP contribution in [0.3, 0.4) is 0 Å².